The Balaban J connectivity index is 2.11. The van der Waals surface area contributed by atoms with Gasteiger partial charge in [0.15, 0.2) is 0 Å². The maximum absolute atomic E-state index is 13.1. The van der Waals surface area contributed by atoms with Crippen molar-refractivity contribution < 1.29 is 14.3 Å². The van der Waals surface area contributed by atoms with Gasteiger partial charge in [0.2, 0.25) is 0 Å². The zero-order chi connectivity index (χ0) is 22.2. The van der Waals surface area contributed by atoms with Crippen LogP contribution >= 0.6 is 0 Å². The molecule has 4 atom stereocenters. The van der Waals surface area contributed by atoms with E-state index in [-0.39, 0.29) is 23.6 Å². The molecule has 0 spiro atoms. The van der Waals surface area contributed by atoms with Crippen LogP contribution in [0.3, 0.4) is 0 Å². The molecule has 0 heterocycles. The van der Waals surface area contributed by atoms with Crippen molar-refractivity contribution in [2.24, 2.45) is 29.1 Å². The Morgan fingerprint density at radius 3 is 2.13 bits per heavy atom. The lowest BCUT2D eigenvalue weighted by atomic mass is 9.61. The molecule has 3 nitrogen and oxygen atoms in total. The van der Waals surface area contributed by atoms with Gasteiger partial charge in [-0.2, -0.15) is 0 Å². The third-order valence-corrected chi connectivity index (χ3v) is 8.47. The summed E-state index contributed by atoms with van der Waals surface area (Å²) in [5.41, 5.74) is -0.0828. The first-order chi connectivity index (χ1) is 14.3. The number of ether oxygens (including phenoxy) is 2. The molecule has 0 saturated heterocycles. The molecule has 2 aliphatic carbocycles. The third-order valence-electron chi connectivity index (χ3n) is 8.47. The zero-order valence-electron chi connectivity index (χ0n) is 20.9. The molecule has 2 saturated carbocycles. The van der Waals surface area contributed by atoms with Gasteiger partial charge in [0.25, 0.3) is 0 Å². The Morgan fingerprint density at radius 2 is 1.57 bits per heavy atom. The lowest BCUT2D eigenvalue weighted by molar-refractivity contribution is -0.191. The second-order valence-electron chi connectivity index (χ2n) is 11.2. The number of hydrogen-bond donors (Lipinski definition) is 0. The maximum Gasteiger partial charge on any atom is 0.332 e. The summed E-state index contributed by atoms with van der Waals surface area (Å²) in [6, 6.07) is 0. The zero-order valence-corrected chi connectivity index (χ0v) is 20.9. The fraction of sp³-hybridized carbons (Fsp3) is 0.963. The van der Waals surface area contributed by atoms with Gasteiger partial charge in [-0.1, -0.05) is 92.9 Å². The molecule has 2 aliphatic rings. The normalized spacial score (nSPS) is 26.7. The summed E-state index contributed by atoms with van der Waals surface area (Å²) in [4.78, 5) is 13.1. The van der Waals surface area contributed by atoms with Crippen molar-refractivity contribution in [3.05, 3.63) is 0 Å². The number of esters is 1. The predicted molar refractivity (Wildman–Crippen MR) is 125 cm³/mol. The van der Waals surface area contributed by atoms with Crippen LogP contribution in [0.2, 0.25) is 0 Å². The van der Waals surface area contributed by atoms with E-state index in [9.17, 15) is 4.79 Å². The molecule has 0 aromatic rings. The fourth-order valence-corrected chi connectivity index (χ4v) is 6.52. The van der Waals surface area contributed by atoms with Gasteiger partial charge >= 0.3 is 5.97 Å². The summed E-state index contributed by atoms with van der Waals surface area (Å²) in [5, 5.41) is 0. The van der Waals surface area contributed by atoms with Gasteiger partial charge in [-0.15, -0.1) is 0 Å². The maximum atomic E-state index is 13.1. The van der Waals surface area contributed by atoms with Gasteiger partial charge in [0.1, 0.15) is 12.2 Å². The molecule has 0 aromatic heterocycles. The molecule has 0 amide bonds. The van der Waals surface area contributed by atoms with Crippen LogP contribution in [0.5, 0.6) is 0 Å². The highest BCUT2D eigenvalue weighted by molar-refractivity contribution is 5.71. The minimum Gasteiger partial charge on any atom is -0.457 e. The van der Waals surface area contributed by atoms with Crippen LogP contribution in [0.15, 0.2) is 0 Å². The number of hydrogen-bond acceptors (Lipinski definition) is 3. The second kappa shape index (κ2) is 11.9. The van der Waals surface area contributed by atoms with E-state index in [4.69, 9.17) is 9.47 Å². The number of carbonyl (C=O) groups excluding carboxylic acids is 1. The second-order valence-corrected chi connectivity index (χ2v) is 11.2. The van der Waals surface area contributed by atoms with E-state index in [0.717, 1.165) is 12.8 Å². The van der Waals surface area contributed by atoms with Gasteiger partial charge < -0.3 is 9.47 Å². The van der Waals surface area contributed by atoms with Crippen molar-refractivity contribution in [2.45, 2.75) is 124 Å². The standard InChI is InChI=1S/C27H50O3/c1-7-21-15-13-14-18-24(21)27(9-3,23-16-11-10-12-17-23)30-25(28)20-29-19-22(8-2)26(4,5)6/h21-24H,7-20H2,1-6H3. The topological polar surface area (TPSA) is 35.5 Å². The summed E-state index contributed by atoms with van der Waals surface area (Å²) in [6.07, 6.45) is 14.7. The highest BCUT2D eigenvalue weighted by atomic mass is 16.6. The van der Waals surface area contributed by atoms with Crippen molar-refractivity contribution in [1.82, 2.24) is 0 Å². The highest BCUT2D eigenvalue weighted by Crippen LogP contribution is 2.50. The van der Waals surface area contributed by atoms with Crippen LogP contribution in [-0.4, -0.2) is 24.8 Å². The molecule has 4 unspecified atom stereocenters. The molecule has 0 radical (unpaired) electrons. The van der Waals surface area contributed by atoms with Crippen LogP contribution in [0.1, 0.15) is 119 Å². The minimum atomic E-state index is -0.282. The van der Waals surface area contributed by atoms with E-state index in [1.165, 1.54) is 64.2 Å². The molecule has 0 bridgehead atoms. The molecular weight excluding hydrogens is 372 g/mol. The van der Waals surface area contributed by atoms with Crippen LogP contribution in [0.25, 0.3) is 0 Å². The Morgan fingerprint density at radius 1 is 0.933 bits per heavy atom. The molecule has 3 heteroatoms. The van der Waals surface area contributed by atoms with Gasteiger partial charge in [0, 0.05) is 5.92 Å². The van der Waals surface area contributed by atoms with Crippen LogP contribution < -0.4 is 0 Å². The van der Waals surface area contributed by atoms with Crippen LogP contribution in [-0.2, 0) is 14.3 Å². The van der Waals surface area contributed by atoms with Gasteiger partial charge in [-0.05, 0) is 48.9 Å². The smallest absolute Gasteiger partial charge is 0.332 e. The number of carbonyl (C=O) groups is 1. The molecule has 0 aliphatic heterocycles. The predicted octanol–water partition coefficient (Wildman–Crippen LogP) is 7.56. The van der Waals surface area contributed by atoms with E-state index >= 15 is 0 Å². The first-order valence-electron chi connectivity index (χ1n) is 13.1. The molecule has 176 valence electrons. The van der Waals surface area contributed by atoms with Crippen LogP contribution in [0, 0.1) is 29.1 Å². The molecule has 0 N–H and O–H groups in total. The monoisotopic (exact) mass is 422 g/mol. The molecular formula is C27H50O3. The Hall–Kier alpha value is -0.570. The Bertz CT molecular complexity index is 503. The van der Waals surface area contributed by atoms with E-state index in [1.54, 1.807) is 0 Å². The SMILES string of the molecule is CCC1CCCCC1C(CC)(OC(=O)COCC(CC)C(C)(C)C)C1CCCCC1. The summed E-state index contributed by atoms with van der Waals surface area (Å²) < 4.78 is 12.5. The lowest BCUT2D eigenvalue weighted by Gasteiger charge is -2.50. The molecule has 2 fully saturated rings. The van der Waals surface area contributed by atoms with E-state index in [2.05, 4.69) is 41.5 Å². The largest absolute Gasteiger partial charge is 0.457 e. The van der Waals surface area contributed by atoms with Crippen molar-refractivity contribution in [3.63, 3.8) is 0 Å². The Kier molecular flexibility index (Phi) is 10.2. The first-order valence-corrected chi connectivity index (χ1v) is 13.1. The average Bonchev–Trinajstić information content (AvgIpc) is 2.75. The third kappa shape index (κ3) is 6.47. The van der Waals surface area contributed by atoms with Crippen molar-refractivity contribution in [2.75, 3.05) is 13.2 Å². The fourth-order valence-electron chi connectivity index (χ4n) is 6.52. The van der Waals surface area contributed by atoms with Gasteiger partial charge in [-0.3, -0.25) is 0 Å². The van der Waals surface area contributed by atoms with Crippen LogP contribution in [0.4, 0.5) is 0 Å². The number of rotatable bonds is 10. The summed E-state index contributed by atoms with van der Waals surface area (Å²) in [6.45, 7) is 14.3. The molecule has 2 rings (SSSR count). The van der Waals surface area contributed by atoms with Gasteiger partial charge in [0.05, 0.1) is 6.61 Å². The Labute approximate surface area is 187 Å². The van der Waals surface area contributed by atoms with Crippen molar-refractivity contribution in [1.29, 1.82) is 0 Å². The van der Waals surface area contributed by atoms with Crippen molar-refractivity contribution >= 4 is 5.97 Å². The lowest BCUT2D eigenvalue weighted by Crippen LogP contribution is -2.53. The van der Waals surface area contributed by atoms with E-state index < -0.39 is 0 Å². The van der Waals surface area contributed by atoms with Crippen molar-refractivity contribution in [3.8, 4) is 0 Å². The first kappa shape index (κ1) is 25.7. The minimum absolute atomic E-state index is 0.102. The summed E-state index contributed by atoms with van der Waals surface area (Å²) in [7, 11) is 0. The van der Waals surface area contributed by atoms with E-state index in [1.807, 2.05) is 0 Å². The molecule has 30 heavy (non-hydrogen) atoms. The van der Waals surface area contributed by atoms with E-state index in [0.29, 0.717) is 30.3 Å². The quantitative estimate of drug-likeness (QED) is 0.341. The highest BCUT2D eigenvalue weighted by Gasteiger charge is 2.50. The van der Waals surface area contributed by atoms with Gasteiger partial charge in [-0.25, -0.2) is 4.79 Å². The summed E-state index contributed by atoms with van der Waals surface area (Å²) >= 11 is 0. The average molecular weight is 423 g/mol. The summed E-state index contributed by atoms with van der Waals surface area (Å²) in [5.74, 6) is 2.07. The molecule has 0 aromatic carbocycles.